The van der Waals surface area contributed by atoms with E-state index in [0.29, 0.717) is 6.54 Å². The van der Waals surface area contributed by atoms with E-state index in [1.807, 2.05) is 15.6 Å². The molecule has 1 aliphatic carbocycles. The molecule has 1 saturated heterocycles. The van der Waals surface area contributed by atoms with Gasteiger partial charge in [-0.3, -0.25) is 0 Å². The van der Waals surface area contributed by atoms with Crippen LogP contribution in [-0.4, -0.2) is 38.8 Å². The predicted molar refractivity (Wildman–Crippen MR) is 90.5 cm³/mol. The summed E-state index contributed by atoms with van der Waals surface area (Å²) in [7, 11) is 0. The van der Waals surface area contributed by atoms with Crippen molar-refractivity contribution in [1.29, 1.82) is 0 Å². The summed E-state index contributed by atoms with van der Waals surface area (Å²) in [6.07, 6.45) is 7.91. The summed E-state index contributed by atoms with van der Waals surface area (Å²) >= 11 is 0. The van der Waals surface area contributed by atoms with Crippen LogP contribution in [-0.2, 0) is 6.42 Å². The van der Waals surface area contributed by atoms with Crippen molar-refractivity contribution in [3.8, 4) is 0 Å². The van der Waals surface area contributed by atoms with E-state index < -0.39 is 0 Å². The fourth-order valence-corrected chi connectivity index (χ4v) is 3.93. The van der Waals surface area contributed by atoms with E-state index in [-0.39, 0.29) is 23.9 Å². The molecule has 0 radical (unpaired) electrons. The molecule has 0 spiro atoms. The van der Waals surface area contributed by atoms with Crippen LogP contribution in [0.15, 0.2) is 30.9 Å². The maximum Gasteiger partial charge on any atom is 0.317 e. The number of benzene rings is 1. The van der Waals surface area contributed by atoms with Crippen LogP contribution in [0.2, 0.25) is 0 Å². The van der Waals surface area contributed by atoms with Gasteiger partial charge in [0.15, 0.2) is 0 Å². The average molecular weight is 343 g/mol. The number of likely N-dealkylation sites (tertiary alicyclic amines) is 1. The fraction of sp³-hybridized carbons (Fsp3) is 0.500. The van der Waals surface area contributed by atoms with E-state index in [1.165, 1.54) is 12.4 Å². The van der Waals surface area contributed by atoms with E-state index in [4.69, 9.17) is 0 Å². The van der Waals surface area contributed by atoms with Crippen LogP contribution in [0.3, 0.4) is 0 Å². The lowest BCUT2D eigenvalue weighted by atomic mass is 9.87. The summed E-state index contributed by atoms with van der Waals surface area (Å²) in [5, 5.41) is 7.35. The number of piperidine rings is 1. The molecule has 1 aromatic heterocycles. The van der Waals surface area contributed by atoms with E-state index >= 15 is 0 Å². The van der Waals surface area contributed by atoms with E-state index in [2.05, 4.69) is 15.4 Å². The van der Waals surface area contributed by atoms with Crippen LogP contribution in [0.1, 0.15) is 48.9 Å². The topological polar surface area (TPSA) is 63.1 Å². The largest absolute Gasteiger partial charge is 0.331 e. The molecule has 1 fully saturated rings. The number of amides is 2. The number of hydrogen-bond donors (Lipinski definition) is 1. The number of aromatic nitrogens is 3. The number of fused-ring (bicyclic) bond motifs is 1. The molecular weight excluding hydrogens is 321 g/mol. The molecule has 2 heterocycles. The van der Waals surface area contributed by atoms with Gasteiger partial charge in [-0.1, -0.05) is 6.07 Å². The minimum Gasteiger partial charge on any atom is -0.331 e. The van der Waals surface area contributed by atoms with E-state index in [0.717, 1.165) is 49.8 Å². The summed E-state index contributed by atoms with van der Waals surface area (Å²) in [5.74, 6) is -0.211. The number of carbonyl (C=O) groups is 1. The zero-order chi connectivity index (χ0) is 17.2. The number of nitrogens with zero attached hydrogens (tertiary/aromatic N) is 4. The Labute approximate surface area is 146 Å². The molecule has 1 aromatic carbocycles. The molecule has 4 rings (SSSR count). The highest BCUT2D eigenvalue weighted by molar-refractivity contribution is 5.75. The lowest BCUT2D eigenvalue weighted by Crippen LogP contribution is -2.47. The van der Waals surface area contributed by atoms with Crippen LogP contribution >= 0.6 is 0 Å². The summed E-state index contributed by atoms with van der Waals surface area (Å²) in [4.78, 5) is 18.6. The molecule has 0 bridgehead atoms. The van der Waals surface area contributed by atoms with Crippen molar-refractivity contribution in [2.75, 3.05) is 13.1 Å². The molecule has 1 N–H and O–H groups in total. The lowest BCUT2D eigenvalue weighted by molar-refractivity contribution is 0.159. The van der Waals surface area contributed by atoms with Crippen molar-refractivity contribution in [3.63, 3.8) is 0 Å². The predicted octanol–water partition coefficient (Wildman–Crippen LogP) is 2.84. The summed E-state index contributed by atoms with van der Waals surface area (Å²) < 4.78 is 15.3. The first kappa shape index (κ1) is 16.1. The van der Waals surface area contributed by atoms with Crippen molar-refractivity contribution in [2.24, 2.45) is 0 Å². The minimum absolute atomic E-state index is 0.0383. The summed E-state index contributed by atoms with van der Waals surface area (Å²) in [5.41, 5.74) is 2.06. The maximum atomic E-state index is 13.4. The van der Waals surface area contributed by atoms with Crippen LogP contribution in [0, 0.1) is 5.82 Å². The zero-order valence-corrected chi connectivity index (χ0v) is 14.1. The van der Waals surface area contributed by atoms with Crippen molar-refractivity contribution >= 4 is 6.03 Å². The first-order chi connectivity index (χ1) is 12.2. The molecule has 0 saturated carbocycles. The fourth-order valence-electron chi connectivity index (χ4n) is 3.93. The number of rotatable bonds is 2. The quantitative estimate of drug-likeness (QED) is 0.912. The van der Waals surface area contributed by atoms with Gasteiger partial charge in [-0.25, -0.2) is 18.9 Å². The molecule has 7 heteroatoms. The number of carbonyl (C=O) groups excluding carboxylic acids is 1. The van der Waals surface area contributed by atoms with Crippen LogP contribution < -0.4 is 5.32 Å². The highest BCUT2D eigenvalue weighted by Crippen LogP contribution is 2.30. The van der Waals surface area contributed by atoms with E-state index in [1.54, 1.807) is 12.4 Å². The highest BCUT2D eigenvalue weighted by atomic mass is 19.1. The van der Waals surface area contributed by atoms with Crippen molar-refractivity contribution in [3.05, 3.63) is 47.8 Å². The van der Waals surface area contributed by atoms with Gasteiger partial charge in [-0.05, 0) is 55.4 Å². The van der Waals surface area contributed by atoms with Gasteiger partial charge in [0.05, 0.1) is 12.1 Å². The Hall–Kier alpha value is -2.44. The van der Waals surface area contributed by atoms with Gasteiger partial charge in [-0.2, -0.15) is 5.10 Å². The molecule has 6 nitrogen and oxygen atoms in total. The third kappa shape index (κ3) is 3.36. The monoisotopic (exact) mass is 343 g/mol. The van der Waals surface area contributed by atoms with Gasteiger partial charge in [0.2, 0.25) is 0 Å². The zero-order valence-electron chi connectivity index (χ0n) is 14.1. The van der Waals surface area contributed by atoms with Crippen molar-refractivity contribution in [2.45, 2.75) is 44.2 Å². The molecule has 2 aliphatic rings. The molecule has 2 atom stereocenters. The third-order valence-electron chi connectivity index (χ3n) is 5.21. The number of nitrogens with one attached hydrogen (secondary N) is 1. The Kier molecular flexibility index (Phi) is 4.38. The van der Waals surface area contributed by atoms with Crippen molar-refractivity contribution < 1.29 is 9.18 Å². The maximum absolute atomic E-state index is 13.4. The molecule has 2 aromatic rings. The summed E-state index contributed by atoms with van der Waals surface area (Å²) in [6.45, 7) is 1.39. The van der Waals surface area contributed by atoms with Gasteiger partial charge in [0, 0.05) is 13.1 Å². The Morgan fingerprint density at radius 2 is 2.20 bits per heavy atom. The second kappa shape index (κ2) is 6.82. The lowest BCUT2D eigenvalue weighted by Gasteiger charge is -2.35. The molecule has 2 amide bonds. The number of halogens is 1. The molecule has 0 unspecified atom stereocenters. The molecular formula is C18H22FN5O. The van der Waals surface area contributed by atoms with Gasteiger partial charge in [-0.15, -0.1) is 0 Å². The summed E-state index contributed by atoms with van der Waals surface area (Å²) in [6, 6.07) is 4.97. The average Bonchev–Trinajstić information content (AvgIpc) is 3.16. The van der Waals surface area contributed by atoms with Crippen LogP contribution in [0.25, 0.3) is 0 Å². The molecule has 1 aliphatic heterocycles. The highest BCUT2D eigenvalue weighted by Gasteiger charge is 2.28. The first-order valence-electron chi connectivity index (χ1n) is 8.88. The number of urea groups is 1. The first-order valence-corrected chi connectivity index (χ1v) is 8.88. The second-order valence-corrected chi connectivity index (χ2v) is 6.86. The standard InChI is InChI=1S/C18H22FN5O/c19-14-6-7-16-13(9-14)3-1-5-17(16)22-18(25)23-8-2-4-15(10-23)24-12-20-11-21-24/h6-7,9,11-12,15,17H,1-5,8,10H2,(H,22,25)/t15-,17-/m0/s1. The smallest absolute Gasteiger partial charge is 0.317 e. The minimum atomic E-state index is -0.211. The number of aryl methyl sites for hydroxylation is 1. The van der Waals surface area contributed by atoms with Gasteiger partial charge < -0.3 is 10.2 Å². The third-order valence-corrected chi connectivity index (χ3v) is 5.21. The van der Waals surface area contributed by atoms with E-state index in [9.17, 15) is 9.18 Å². The van der Waals surface area contributed by atoms with Gasteiger partial charge >= 0.3 is 6.03 Å². The Balaban J connectivity index is 1.44. The Bertz CT molecular complexity index is 748. The molecule has 132 valence electrons. The van der Waals surface area contributed by atoms with Gasteiger partial charge in [0.1, 0.15) is 18.5 Å². The number of hydrogen-bond acceptors (Lipinski definition) is 3. The normalized spacial score (nSPS) is 23.2. The van der Waals surface area contributed by atoms with Crippen LogP contribution in [0.4, 0.5) is 9.18 Å². The molecule has 25 heavy (non-hydrogen) atoms. The van der Waals surface area contributed by atoms with Gasteiger partial charge in [0.25, 0.3) is 0 Å². The Morgan fingerprint density at radius 3 is 3.04 bits per heavy atom. The second-order valence-electron chi connectivity index (χ2n) is 6.86. The van der Waals surface area contributed by atoms with Crippen LogP contribution in [0.5, 0.6) is 0 Å². The Morgan fingerprint density at radius 1 is 1.28 bits per heavy atom. The SMILES string of the molecule is O=C(N[C@H]1CCCc2cc(F)ccc21)N1CCC[C@H](n2cncn2)C1. The van der Waals surface area contributed by atoms with Crippen molar-refractivity contribution in [1.82, 2.24) is 25.0 Å².